The molecule has 1 unspecified atom stereocenters. The van der Waals surface area contributed by atoms with Gasteiger partial charge in [0.25, 0.3) is 0 Å². The molecular weight excluding hydrogens is 370 g/mol. The molecule has 29 heavy (non-hydrogen) atoms. The lowest BCUT2D eigenvalue weighted by Crippen LogP contribution is -2.32. The van der Waals surface area contributed by atoms with E-state index >= 15 is 0 Å². The molecule has 2 amide bonds. The molecule has 4 rings (SSSR count). The Bertz CT molecular complexity index is 880. The smallest absolute Gasteiger partial charge is 0.227 e. The van der Waals surface area contributed by atoms with Crippen molar-refractivity contribution in [2.45, 2.75) is 25.8 Å². The van der Waals surface area contributed by atoms with Crippen LogP contribution in [0.15, 0.2) is 42.6 Å². The zero-order valence-corrected chi connectivity index (χ0v) is 16.5. The number of hydrogen-bond acceptors (Lipinski definition) is 5. The number of rotatable bonds is 8. The molecule has 1 saturated carbocycles. The summed E-state index contributed by atoms with van der Waals surface area (Å²) >= 11 is 0. The molecule has 1 aromatic heterocycles. The number of hydrogen-bond donors (Lipinski definition) is 1. The number of pyridine rings is 1. The van der Waals surface area contributed by atoms with Crippen molar-refractivity contribution >= 4 is 17.5 Å². The fourth-order valence-electron chi connectivity index (χ4n) is 3.33. The molecule has 0 bridgehead atoms. The van der Waals surface area contributed by atoms with E-state index in [2.05, 4.69) is 10.3 Å². The van der Waals surface area contributed by atoms with E-state index in [1.807, 2.05) is 30.3 Å². The van der Waals surface area contributed by atoms with Gasteiger partial charge < -0.3 is 19.7 Å². The third kappa shape index (κ3) is 4.85. The lowest BCUT2D eigenvalue weighted by molar-refractivity contribution is -0.126. The molecule has 0 spiro atoms. The van der Waals surface area contributed by atoms with Crippen LogP contribution in [0.4, 0.5) is 5.69 Å². The Hall–Kier alpha value is -3.09. The summed E-state index contributed by atoms with van der Waals surface area (Å²) in [4.78, 5) is 30.9. The monoisotopic (exact) mass is 395 g/mol. The molecule has 7 heteroatoms. The van der Waals surface area contributed by atoms with E-state index in [9.17, 15) is 9.59 Å². The van der Waals surface area contributed by atoms with Gasteiger partial charge in [-0.05, 0) is 36.5 Å². The summed E-state index contributed by atoms with van der Waals surface area (Å²) in [7, 11) is 1.59. The van der Waals surface area contributed by atoms with Gasteiger partial charge in [0.05, 0.1) is 19.6 Å². The molecule has 1 aliphatic heterocycles. The number of anilines is 1. The van der Waals surface area contributed by atoms with Crippen molar-refractivity contribution in [1.29, 1.82) is 0 Å². The Balaban J connectivity index is 1.29. The van der Waals surface area contributed by atoms with E-state index in [1.165, 1.54) is 12.8 Å². The number of ether oxygens (including phenoxy) is 2. The summed E-state index contributed by atoms with van der Waals surface area (Å²) in [5.74, 6) is 1.42. The van der Waals surface area contributed by atoms with Crippen LogP contribution < -0.4 is 19.7 Å². The van der Waals surface area contributed by atoms with Crippen LogP contribution in [-0.2, 0) is 16.1 Å². The van der Waals surface area contributed by atoms with E-state index in [4.69, 9.17) is 9.47 Å². The van der Waals surface area contributed by atoms with Gasteiger partial charge in [0.1, 0.15) is 5.75 Å². The standard InChI is InChI=1S/C22H25N3O4/c1-28-19-4-2-3-18(10-19)25-13-17(9-21(25)26)22(27)24-12-16-7-8-20(23-11-16)29-14-15-5-6-15/h2-4,7-8,10-11,15,17H,5-6,9,12-14H2,1H3,(H,24,27). The molecule has 1 aliphatic carbocycles. The number of nitrogens with one attached hydrogen (secondary N) is 1. The Morgan fingerprint density at radius 3 is 2.86 bits per heavy atom. The minimum atomic E-state index is -0.372. The second-order valence-corrected chi connectivity index (χ2v) is 7.58. The highest BCUT2D eigenvalue weighted by molar-refractivity contribution is 6.00. The molecule has 152 valence electrons. The SMILES string of the molecule is COc1cccc(N2CC(C(=O)NCc3ccc(OCC4CC4)nc3)CC2=O)c1. The fraction of sp³-hybridized carbons (Fsp3) is 0.409. The molecular formula is C22H25N3O4. The Morgan fingerprint density at radius 1 is 1.28 bits per heavy atom. The van der Waals surface area contributed by atoms with Crippen molar-refractivity contribution < 1.29 is 19.1 Å². The highest BCUT2D eigenvalue weighted by Gasteiger charge is 2.35. The average molecular weight is 395 g/mol. The first kappa shape index (κ1) is 19.2. The van der Waals surface area contributed by atoms with Gasteiger partial charge in [-0.2, -0.15) is 0 Å². The van der Waals surface area contributed by atoms with Crippen LogP contribution in [0.1, 0.15) is 24.8 Å². The van der Waals surface area contributed by atoms with Crippen LogP contribution in [0.2, 0.25) is 0 Å². The molecule has 0 radical (unpaired) electrons. The van der Waals surface area contributed by atoms with Gasteiger partial charge in [0.2, 0.25) is 17.7 Å². The summed E-state index contributed by atoms with van der Waals surface area (Å²) in [6.45, 7) is 1.46. The molecule has 1 N–H and O–H groups in total. The normalized spacial score (nSPS) is 18.6. The van der Waals surface area contributed by atoms with Crippen LogP contribution >= 0.6 is 0 Å². The van der Waals surface area contributed by atoms with Crippen molar-refractivity contribution in [3.05, 3.63) is 48.2 Å². The van der Waals surface area contributed by atoms with Gasteiger partial charge in [-0.1, -0.05) is 12.1 Å². The van der Waals surface area contributed by atoms with Crippen molar-refractivity contribution in [3.8, 4) is 11.6 Å². The maximum atomic E-state index is 12.6. The Kier molecular flexibility index (Phi) is 5.64. The lowest BCUT2D eigenvalue weighted by atomic mass is 10.1. The third-order valence-corrected chi connectivity index (χ3v) is 5.29. The highest BCUT2D eigenvalue weighted by atomic mass is 16.5. The Labute approximate surface area is 170 Å². The van der Waals surface area contributed by atoms with Gasteiger partial charge in [-0.15, -0.1) is 0 Å². The van der Waals surface area contributed by atoms with Crippen molar-refractivity contribution in [2.75, 3.05) is 25.2 Å². The van der Waals surface area contributed by atoms with E-state index in [-0.39, 0.29) is 24.2 Å². The van der Waals surface area contributed by atoms with Crippen LogP contribution in [-0.4, -0.2) is 37.1 Å². The van der Waals surface area contributed by atoms with Gasteiger partial charge >= 0.3 is 0 Å². The number of aromatic nitrogens is 1. The summed E-state index contributed by atoms with van der Waals surface area (Å²) < 4.78 is 10.8. The van der Waals surface area contributed by atoms with Crippen LogP contribution in [0.25, 0.3) is 0 Å². The summed E-state index contributed by atoms with van der Waals surface area (Å²) in [6.07, 6.45) is 4.39. The first-order valence-corrected chi connectivity index (χ1v) is 9.92. The number of benzene rings is 1. The quantitative estimate of drug-likeness (QED) is 0.743. The zero-order valence-electron chi connectivity index (χ0n) is 16.5. The molecule has 1 aromatic carbocycles. The van der Waals surface area contributed by atoms with Crippen molar-refractivity contribution in [3.63, 3.8) is 0 Å². The van der Waals surface area contributed by atoms with Crippen LogP contribution in [0.5, 0.6) is 11.6 Å². The van der Waals surface area contributed by atoms with E-state index in [0.717, 1.165) is 17.9 Å². The van der Waals surface area contributed by atoms with E-state index in [1.54, 1.807) is 24.3 Å². The zero-order chi connectivity index (χ0) is 20.2. The molecule has 7 nitrogen and oxygen atoms in total. The minimum absolute atomic E-state index is 0.0581. The minimum Gasteiger partial charge on any atom is -0.497 e. The van der Waals surface area contributed by atoms with Crippen LogP contribution in [0, 0.1) is 11.8 Å². The molecule has 1 saturated heterocycles. The second-order valence-electron chi connectivity index (χ2n) is 7.58. The van der Waals surface area contributed by atoms with Gasteiger partial charge in [0, 0.05) is 43.5 Å². The molecule has 2 heterocycles. The maximum absolute atomic E-state index is 12.6. The largest absolute Gasteiger partial charge is 0.497 e. The van der Waals surface area contributed by atoms with Gasteiger partial charge in [-0.3, -0.25) is 9.59 Å². The molecule has 1 atom stereocenters. The topological polar surface area (TPSA) is 80.8 Å². The number of nitrogens with zero attached hydrogens (tertiary/aromatic N) is 2. The predicted octanol–water partition coefficient (Wildman–Crippen LogP) is 2.55. The predicted molar refractivity (Wildman–Crippen MR) is 108 cm³/mol. The van der Waals surface area contributed by atoms with Crippen molar-refractivity contribution in [2.24, 2.45) is 11.8 Å². The van der Waals surface area contributed by atoms with Gasteiger partial charge in [-0.25, -0.2) is 4.98 Å². The lowest BCUT2D eigenvalue weighted by Gasteiger charge is -2.17. The van der Waals surface area contributed by atoms with Crippen molar-refractivity contribution in [1.82, 2.24) is 10.3 Å². The number of carbonyl (C=O) groups is 2. The summed E-state index contributed by atoms with van der Waals surface area (Å²) in [6, 6.07) is 11.0. The average Bonchev–Trinajstić information content (AvgIpc) is 3.51. The Morgan fingerprint density at radius 2 is 2.14 bits per heavy atom. The summed E-state index contributed by atoms with van der Waals surface area (Å²) in [5.41, 5.74) is 1.64. The second kappa shape index (κ2) is 8.51. The number of carbonyl (C=O) groups excluding carboxylic acids is 2. The van der Waals surface area contributed by atoms with Gasteiger partial charge in [0.15, 0.2) is 0 Å². The molecule has 2 aromatic rings. The molecule has 2 fully saturated rings. The first-order chi connectivity index (χ1) is 14.1. The highest BCUT2D eigenvalue weighted by Crippen LogP contribution is 2.29. The fourth-order valence-corrected chi connectivity index (χ4v) is 3.33. The molecule has 2 aliphatic rings. The third-order valence-electron chi connectivity index (χ3n) is 5.29. The number of amides is 2. The van der Waals surface area contributed by atoms with Crippen LogP contribution in [0.3, 0.4) is 0 Å². The summed E-state index contributed by atoms with van der Waals surface area (Å²) in [5, 5.41) is 2.91. The maximum Gasteiger partial charge on any atom is 0.227 e. The van der Waals surface area contributed by atoms with E-state index < -0.39 is 0 Å². The first-order valence-electron chi connectivity index (χ1n) is 9.92. The van der Waals surface area contributed by atoms with E-state index in [0.29, 0.717) is 30.6 Å². The number of methoxy groups -OCH3 is 1.